The van der Waals surface area contributed by atoms with Crippen molar-refractivity contribution in [3.63, 3.8) is 0 Å². The van der Waals surface area contributed by atoms with Crippen LogP contribution in [0, 0.1) is 0 Å². The number of nitrogens with two attached hydrogens (primary N) is 1. The van der Waals surface area contributed by atoms with Crippen LogP contribution in [-0.2, 0) is 6.54 Å². The number of nitrogens with zero attached hydrogens (tertiary/aromatic N) is 1. The van der Waals surface area contributed by atoms with Gasteiger partial charge in [-0.1, -0.05) is 0 Å². The molecule has 0 aliphatic heterocycles. The quantitative estimate of drug-likeness (QED) is 0.804. The highest BCUT2D eigenvalue weighted by Crippen LogP contribution is 2.31. The second-order valence-electron chi connectivity index (χ2n) is 4.46. The first-order chi connectivity index (χ1) is 7.31. The van der Waals surface area contributed by atoms with Crippen LogP contribution in [0.25, 0.3) is 0 Å². The molecule has 0 radical (unpaired) electrons. The van der Waals surface area contributed by atoms with E-state index in [-0.39, 0.29) is 0 Å². The molecule has 3 heteroatoms. The van der Waals surface area contributed by atoms with Gasteiger partial charge in [0.05, 0.1) is 0 Å². The van der Waals surface area contributed by atoms with Crippen molar-refractivity contribution in [2.45, 2.75) is 44.8 Å². The highest BCUT2D eigenvalue weighted by Gasteiger charge is 2.31. The first kappa shape index (κ1) is 11.1. The standard InChI is InChI=1S/C12H20N2S/c1-10(4-6-13)14(12-2-3-12)8-11-5-7-15-9-11/h5,7,9-10,12H,2-4,6,8,13H2,1H3. The smallest absolute Gasteiger partial charge is 0.0247 e. The minimum absolute atomic E-state index is 0.627. The predicted octanol–water partition coefficient (Wildman–Crippen LogP) is 2.45. The summed E-state index contributed by atoms with van der Waals surface area (Å²) in [5, 5.41) is 4.42. The lowest BCUT2D eigenvalue weighted by molar-refractivity contribution is 0.182. The lowest BCUT2D eigenvalue weighted by atomic mass is 10.1. The Kier molecular flexibility index (Phi) is 3.78. The maximum Gasteiger partial charge on any atom is 0.0247 e. The second kappa shape index (κ2) is 5.10. The van der Waals surface area contributed by atoms with Crippen molar-refractivity contribution in [2.24, 2.45) is 5.73 Å². The maximum atomic E-state index is 5.64. The molecule has 0 saturated heterocycles. The molecule has 1 heterocycles. The fraction of sp³-hybridized carbons (Fsp3) is 0.667. The fourth-order valence-corrected chi connectivity index (χ4v) is 2.71. The normalized spacial score (nSPS) is 18.3. The Morgan fingerprint density at radius 3 is 2.93 bits per heavy atom. The van der Waals surface area contributed by atoms with Crippen molar-refractivity contribution >= 4 is 11.3 Å². The zero-order valence-corrected chi connectivity index (χ0v) is 10.2. The van der Waals surface area contributed by atoms with Crippen molar-refractivity contribution in [3.05, 3.63) is 22.4 Å². The molecule has 1 aromatic rings. The third-order valence-electron chi connectivity index (χ3n) is 3.11. The molecule has 1 unspecified atom stereocenters. The van der Waals surface area contributed by atoms with E-state index in [1.807, 2.05) is 0 Å². The molecule has 0 bridgehead atoms. The van der Waals surface area contributed by atoms with Gasteiger partial charge in [0.15, 0.2) is 0 Å². The van der Waals surface area contributed by atoms with Gasteiger partial charge in [-0.15, -0.1) is 0 Å². The lowest BCUT2D eigenvalue weighted by Crippen LogP contribution is -2.35. The lowest BCUT2D eigenvalue weighted by Gasteiger charge is -2.28. The first-order valence-electron chi connectivity index (χ1n) is 5.78. The monoisotopic (exact) mass is 224 g/mol. The Bertz CT molecular complexity index is 280. The van der Waals surface area contributed by atoms with Crippen LogP contribution in [0.15, 0.2) is 16.8 Å². The van der Waals surface area contributed by atoms with Gasteiger partial charge < -0.3 is 5.73 Å². The van der Waals surface area contributed by atoms with E-state index in [1.165, 1.54) is 18.4 Å². The Morgan fingerprint density at radius 2 is 2.40 bits per heavy atom. The molecule has 1 fully saturated rings. The topological polar surface area (TPSA) is 29.3 Å². The van der Waals surface area contributed by atoms with E-state index in [9.17, 15) is 0 Å². The predicted molar refractivity (Wildman–Crippen MR) is 66.0 cm³/mol. The third-order valence-corrected chi connectivity index (χ3v) is 3.84. The summed E-state index contributed by atoms with van der Waals surface area (Å²) in [6.07, 6.45) is 3.86. The Morgan fingerprint density at radius 1 is 1.60 bits per heavy atom. The van der Waals surface area contributed by atoms with Crippen LogP contribution < -0.4 is 5.73 Å². The summed E-state index contributed by atoms with van der Waals surface area (Å²) in [5.41, 5.74) is 7.09. The highest BCUT2D eigenvalue weighted by atomic mass is 32.1. The van der Waals surface area contributed by atoms with Gasteiger partial charge >= 0.3 is 0 Å². The molecule has 0 spiro atoms. The van der Waals surface area contributed by atoms with E-state index in [1.54, 1.807) is 11.3 Å². The number of rotatable bonds is 6. The number of thiophene rings is 1. The third kappa shape index (κ3) is 3.03. The second-order valence-corrected chi connectivity index (χ2v) is 5.24. The Balaban J connectivity index is 1.94. The maximum absolute atomic E-state index is 5.64. The van der Waals surface area contributed by atoms with Gasteiger partial charge in [-0.25, -0.2) is 0 Å². The fourth-order valence-electron chi connectivity index (χ4n) is 2.05. The van der Waals surface area contributed by atoms with Crippen molar-refractivity contribution in [1.82, 2.24) is 4.90 Å². The summed E-state index contributed by atoms with van der Waals surface area (Å²) in [6.45, 7) is 4.21. The molecular formula is C12H20N2S. The van der Waals surface area contributed by atoms with Gasteiger partial charge in [0.1, 0.15) is 0 Å². The molecule has 2 N–H and O–H groups in total. The van der Waals surface area contributed by atoms with E-state index < -0.39 is 0 Å². The summed E-state index contributed by atoms with van der Waals surface area (Å²) < 4.78 is 0. The summed E-state index contributed by atoms with van der Waals surface area (Å²) >= 11 is 1.79. The van der Waals surface area contributed by atoms with Crippen molar-refractivity contribution < 1.29 is 0 Å². The summed E-state index contributed by atoms with van der Waals surface area (Å²) in [6, 6.07) is 3.68. The molecule has 0 amide bonds. The minimum Gasteiger partial charge on any atom is -0.330 e. The average molecular weight is 224 g/mol. The molecular weight excluding hydrogens is 204 g/mol. The van der Waals surface area contributed by atoms with Gasteiger partial charge in [-0.3, -0.25) is 4.90 Å². The SMILES string of the molecule is CC(CCN)N(Cc1ccsc1)C1CC1. The van der Waals surface area contributed by atoms with Crippen LogP contribution >= 0.6 is 11.3 Å². The van der Waals surface area contributed by atoms with Gasteiger partial charge in [-0.2, -0.15) is 11.3 Å². The van der Waals surface area contributed by atoms with E-state index in [4.69, 9.17) is 5.73 Å². The van der Waals surface area contributed by atoms with E-state index >= 15 is 0 Å². The summed E-state index contributed by atoms with van der Waals surface area (Å²) in [7, 11) is 0. The molecule has 1 aliphatic carbocycles. The van der Waals surface area contributed by atoms with E-state index in [2.05, 4.69) is 28.7 Å². The largest absolute Gasteiger partial charge is 0.330 e. The molecule has 0 aromatic carbocycles. The van der Waals surface area contributed by atoms with E-state index in [0.717, 1.165) is 25.6 Å². The molecule has 15 heavy (non-hydrogen) atoms. The molecule has 1 atom stereocenters. The minimum atomic E-state index is 0.627. The first-order valence-corrected chi connectivity index (χ1v) is 6.72. The number of hydrogen-bond acceptors (Lipinski definition) is 3. The van der Waals surface area contributed by atoms with Crippen LogP contribution in [0.5, 0.6) is 0 Å². The zero-order valence-electron chi connectivity index (χ0n) is 9.36. The Hall–Kier alpha value is -0.380. The van der Waals surface area contributed by atoms with Crippen LogP contribution in [0.1, 0.15) is 31.7 Å². The van der Waals surface area contributed by atoms with Crippen molar-refractivity contribution in [2.75, 3.05) is 6.54 Å². The van der Waals surface area contributed by atoms with Crippen LogP contribution in [0.2, 0.25) is 0 Å². The molecule has 84 valence electrons. The molecule has 1 saturated carbocycles. The van der Waals surface area contributed by atoms with Crippen LogP contribution in [0.4, 0.5) is 0 Å². The van der Waals surface area contributed by atoms with Gasteiger partial charge in [0, 0.05) is 18.6 Å². The van der Waals surface area contributed by atoms with Crippen LogP contribution in [0.3, 0.4) is 0 Å². The van der Waals surface area contributed by atoms with Gasteiger partial charge in [0.2, 0.25) is 0 Å². The average Bonchev–Trinajstić information content (AvgIpc) is 2.93. The van der Waals surface area contributed by atoms with Gasteiger partial charge in [-0.05, 0) is 55.1 Å². The molecule has 1 aromatic heterocycles. The highest BCUT2D eigenvalue weighted by molar-refractivity contribution is 7.07. The summed E-state index contributed by atoms with van der Waals surface area (Å²) in [5.74, 6) is 0. The number of hydrogen-bond donors (Lipinski definition) is 1. The van der Waals surface area contributed by atoms with E-state index in [0.29, 0.717) is 6.04 Å². The molecule has 1 aliphatic rings. The van der Waals surface area contributed by atoms with Gasteiger partial charge in [0.25, 0.3) is 0 Å². The van der Waals surface area contributed by atoms with Crippen molar-refractivity contribution in [3.8, 4) is 0 Å². The summed E-state index contributed by atoms with van der Waals surface area (Å²) in [4.78, 5) is 2.62. The van der Waals surface area contributed by atoms with Crippen molar-refractivity contribution in [1.29, 1.82) is 0 Å². The Labute approximate surface area is 96.1 Å². The van der Waals surface area contributed by atoms with Crippen LogP contribution in [-0.4, -0.2) is 23.5 Å². The zero-order chi connectivity index (χ0) is 10.7. The molecule has 2 rings (SSSR count). The molecule has 2 nitrogen and oxygen atoms in total.